The van der Waals surface area contributed by atoms with Crippen LogP contribution in [0.1, 0.15) is 17.1 Å². The number of methoxy groups -OCH3 is 1. The third-order valence-electron chi connectivity index (χ3n) is 3.11. The number of nitrogens with zero attached hydrogens (tertiary/aromatic N) is 1. The number of hydrogen-bond acceptors (Lipinski definition) is 3. The van der Waals surface area contributed by atoms with Crippen LogP contribution in [0.4, 0.5) is 0 Å². The molecule has 0 atom stereocenters. The molecule has 4 heteroatoms. The first-order valence-electron chi connectivity index (χ1n) is 6.71. The zero-order chi connectivity index (χ0) is 15.2. The standard InChI is InChI=1S/C17H19NO3/c1-13-8-10-15(21-13)12-18(2)17(19)11-9-14-6-4-5-7-16(14)20-3/h4-11H,12H2,1-3H3/b11-9+. The number of furan rings is 1. The fourth-order valence-electron chi connectivity index (χ4n) is 1.97. The maximum atomic E-state index is 12.1. The fourth-order valence-corrected chi connectivity index (χ4v) is 1.97. The summed E-state index contributed by atoms with van der Waals surface area (Å²) in [6.45, 7) is 2.33. The number of aryl methyl sites for hydroxylation is 1. The number of amides is 1. The molecule has 0 radical (unpaired) electrons. The second-order valence-corrected chi connectivity index (χ2v) is 4.78. The number of para-hydroxylation sites is 1. The van der Waals surface area contributed by atoms with Crippen molar-refractivity contribution >= 4 is 12.0 Å². The Labute approximate surface area is 124 Å². The van der Waals surface area contributed by atoms with Gasteiger partial charge in [-0.1, -0.05) is 18.2 Å². The predicted molar refractivity (Wildman–Crippen MR) is 81.9 cm³/mol. The van der Waals surface area contributed by atoms with Gasteiger partial charge < -0.3 is 14.1 Å². The van der Waals surface area contributed by atoms with Gasteiger partial charge in [0.2, 0.25) is 5.91 Å². The van der Waals surface area contributed by atoms with Crippen molar-refractivity contribution in [2.75, 3.05) is 14.2 Å². The van der Waals surface area contributed by atoms with Crippen LogP contribution < -0.4 is 4.74 Å². The highest BCUT2D eigenvalue weighted by Crippen LogP contribution is 2.18. The monoisotopic (exact) mass is 285 g/mol. The van der Waals surface area contributed by atoms with Crippen LogP contribution >= 0.6 is 0 Å². The molecule has 0 saturated carbocycles. The molecule has 1 aromatic carbocycles. The molecule has 0 fully saturated rings. The van der Waals surface area contributed by atoms with Gasteiger partial charge in [-0.25, -0.2) is 0 Å². The number of carbonyl (C=O) groups is 1. The summed E-state index contributed by atoms with van der Waals surface area (Å²) in [7, 11) is 3.35. The van der Waals surface area contributed by atoms with Gasteiger partial charge in [0, 0.05) is 18.7 Å². The molecule has 0 saturated heterocycles. The molecule has 1 amide bonds. The molecular weight excluding hydrogens is 266 g/mol. The first kappa shape index (κ1) is 14.9. The van der Waals surface area contributed by atoms with Crippen molar-refractivity contribution in [2.45, 2.75) is 13.5 Å². The Morgan fingerprint density at radius 2 is 2.05 bits per heavy atom. The Morgan fingerprint density at radius 3 is 2.71 bits per heavy atom. The van der Waals surface area contributed by atoms with E-state index >= 15 is 0 Å². The normalized spacial score (nSPS) is 10.8. The molecule has 110 valence electrons. The Bertz CT molecular complexity index is 643. The molecule has 1 heterocycles. The number of rotatable bonds is 5. The summed E-state index contributed by atoms with van der Waals surface area (Å²) in [5.41, 5.74) is 0.871. The largest absolute Gasteiger partial charge is 0.496 e. The Balaban J connectivity index is 2.01. The molecule has 0 aliphatic rings. The summed E-state index contributed by atoms with van der Waals surface area (Å²) in [5, 5.41) is 0. The average Bonchev–Trinajstić information content (AvgIpc) is 2.90. The smallest absolute Gasteiger partial charge is 0.246 e. The van der Waals surface area contributed by atoms with E-state index in [1.165, 1.54) is 6.08 Å². The number of hydrogen-bond donors (Lipinski definition) is 0. The number of ether oxygens (including phenoxy) is 1. The van der Waals surface area contributed by atoms with Gasteiger partial charge >= 0.3 is 0 Å². The van der Waals surface area contributed by atoms with E-state index < -0.39 is 0 Å². The minimum atomic E-state index is -0.0880. The first-order valence-corrected chi connectivity index (χ1v) is 6.71. The Kier molecular flexibility index (Phi) is 4.82. The van der Waals surface area contributed by atoms with E-state index in [2.05, 4.69) is 0 Å². The molecular formula is C17H19NO3. The molecule has 4 nitrogen and oxygen atoms in total. The highest BCUT2D eigenvalue weighted by atomic mass is 16.5. The molecule has 1 aromatic heterocycles. The highest BCUT2D eigenvalue weighted by Gasteiger charge is 2.08. The molecule has 2 aromatic rings. The lowest BCUT2D eigenvalue weighted by Gasteiger charge is -2.13. The van der Waals surface area contributed by atoms with Crippen LogP contribution in [-0.2, 0) is 11.3 Å². The molecule has 0 bridgehead atoms. The topological polar surface area (TPSA) is 42.7 Å². The van der Waals surface area contributed by atoms with E-state index in [-0.39, 0.29) is 5.91 Å². The van der Waals surface area contributed by atoms with E-state index in [0.717, 1.165) is 22.8 Å². The van der Waals surface area contributed by atoms with Gasteiger partial charge in [0.15, 0.2) is 0 Å². The van der Waals surface area contributed by atoms with Crippen molar-refractivity contribution in [3.63, 3.8) is 0 Å². The van der Waals surface area contributed by atoms with Gasteiger partial charge in [0.25, 0.3) is 0 Å². The summed E-state index contributed by atoms with van der Waals surface area (Å²) < 4.78 is 10.7. The summed E-state index contributed by atoms with van der Waals surface area (Å²) in [4.78, 5) is 13.7. The van der Waals surface area contributed by atoms with Gasteiger partial charge in [-0.3, -0.25) is 4.79 Å². The summed E-state index contributed by atoms with van der Waals surface area (Å²) in [5.74, 6) is 2.27. The van der Waals surface area contributed by atoms with Crippen molar-refractivity contribution in [1.82, 2.24) is 4.90 Å². The molecule has 0 unspecified atom stereocenters. The molecule has 2 rings (SSSR count). The van der Waals surface area contributed by atoms with Gasteiger partial charge in [-0.15, -0.1) is 0 Å². The van der Waals surface area contributed by atoms with Crippen LogP contribution in [0.2, 0.25) is 0 Å². The number of likely N-dealkylation sites (N-methyl/N-ethyl adjacent to an activating group) is 1. The Hall–Kier alpha value is -2.49. The third-order valence-corrected chi connectivity index (χ3v) is 3.11. The summed E-state index contributed by atoms with van der Waals surface area (Å²) in [6, 6.07) is 11.3. The lowest BCUT2D eigenvalue weighted by Crippen LogP contribution is -2.23. The third kappa shape index (κ3) is 3.99. The quantitative estimate of drug-likeness (QED) is 0.792. The zero-order valence-electron chi connectivity index (χ0n) is 12.5. The summed E-state index contributed by atoms with van der Waals surface area (Å²) in [6.07, 6.45) is 3.29. The van der Waals surface area contributed by atoms with Crippen LogP contribution in [0, 0.1) is 6.92 Å². The van der Waals surface area contributed by atoms with Crippen LogP contribution in [-0.4, -0.2) is 25.0 Å². The number of carbonyl (C=O) groups excluding carboxylic acids is 1. The highest BCUT2D eigenvalue weighted by molar-refractivity contribution is 5.91. The lowest BCUT2D eigenvalue weighted by molar-refractivity contribution is -0.125. The molecule has 0 aliphatic carbocycles. The van der Waals surface area contributed by atoms with Gasteiger partial charge in [-0.2, -0.15) is 0 Å². The fraction of sp³-hybridized carbons (Fsp3) is 0.235. The van der Waals surface area contributed by atoms with Crippen molar-refractivity contribution in [1.29, 1.82) is 0 Å². The van der Waals surface area contributed by atoms with Gasteiger partial charge in [0.05, 0.1) is 13.7 Å². The van der Waals surface area contributed by atoms with E-state index in [4.69, 9.17) is 9.15 Å². The van der Waals surface area contributed by atoms with Crippen molar-refractivity contribution in [2.24, 2.45) is 0 Å². The lowest BCUT2D eigenvalue weighted by atomic mass is 10.2. The van der Waals surface area contributed by atoms with Crippen LogP contribution in [0.3, 0.4) is 0 Å². The summed E-state index contributed by atoms with van der Waals surface area (Å²) >= 11 is 0. The minimum absolute atomic E-state index is 0.0880. The maximum Gasteiger partial charge on any atom is 0.246 e. The van der Waals surface area contributed by atoms with Crippen molar-refractivity contribution in [3.05, 3.63) is 59.6 Å². The van der Waals surface area contributed by atoms with Crippen molar-refractivity contribution < 1.29 is 13.9 Å². The average molecular weight is 285 g/mol. The molecule has 0 aliphatic heterocycles. The second-order valence-electron chi connectivity index (χ2n) is 4.78. The number of benzene rings is 1. The van der Waals surface area contributed by atoms with E-state index in [9.17, 15) is 4.79 Å². The van der Waals surface area contributed by atoms with Gasteiger partial charge in [-0.05, 0) is 31.2 Å². The SMILES string of the molecule is COc1ccccc1/C=C/C(=O)N(C)Cc1ccc(C)o1. The first-order chi connectivity index (χ1) is 10.1. The molecule has 0 N–H and O–H groups in total. The van der Waals surface area contributed by atoms with Crippen LogP contribution in [0.5, 0.6) is 5.75 Å². The van der Waals surface area contributed by atoms with Crippen molar-refractivity contribution in [3.8, 4) is 5.75 Å². The molecule has 21 heavy (non-hydrogen) atoms. The zero-order valence-corrected chi connectivity index (χ0v) is 12.5. The van der Waals surface area contributed by atoms with Gasteiger partial charge in [0.1, 0.15) is 17.3 Å². The maximum absolute atomic E-state index is 12.1. The van der Waals surface area contributed by atoms with E-state index in [1.54, 1.807) is 25.1 Å². The van der Waals surface area contributed by atoms with E-state index in [0.29, 0.717) is 6.54 Å². The second kappa shape index (κ2) is 6.79. The van der Waals surface area contributed by atoms with Crippen LogP contribution in [0.25, 0.3) is 6.08 Å². The molecule has 0 spiro atoms. The van der Waals surface area contributed by atoms with E-state index in [1.807, 2.05) is 43.3 Å². The minimum Gasteiger partial charge on any atom is -0.496 e. The Morgan fingerprint density at radius 1 is 1.29 bits per heavy atom. The predicted octanol–water partition coefficient (Wildman–Crippen LogP) is 3.27. The van der Waals surface area contributed by atoms with Crippen LogP contribution in [0.15, 0.2) is 46.9 Å².